The highest BCUT2D eigenvalue weighted by Gasteiger charge is 2.01. The van der Waals surface area contributed by atoms with E-state index in [0.717, 1.165) is 11.1 Å². The van der Waals surface area contributed by atoms with E-state index < -0.39 is 0 Å². The zero-order valence-corrected chi connectivity index (χ0v) is 10.1. The van der Waals surface area contributed by atoms with Crippen LogP contribution in [0.15, 0.2) is 42.5 Å². The number of nitrogens with one attached hydrogen (secondary N) is 1. The van der Waals surface area contributed by atoms with Crippen molar-refractivity contribution in [2.24, 2.45) is 0 Å². The number of halogens is 1. The molecule has 1 nitrogen and oxygen atoms in total. The molecule has 0 saturated carbocycles. The fraction of sp³-hybridized carbons (Fsp3) is 0.200. The Labute approximate surface area is 101 Å². The standard InChI is InChI=1S/C15H16FN/c1-11-3-6-13(7-4-11)10-17-15-8-5-12(2)9-14(15)16/h3-9,17H,10H2,1-2H3. The number of hydrogen-bond donors (Lipinski definition) is 1. The maximum Gasteiger partial charge on any atom is 0.146 e. The molecule has 0 radical (unpaired) electrons. The van der Waals surface area contributed by atoms with Gasteiger partial charge in [-0.1, -0.05) is 35.9 Å². The average molecular weight is 229 g/mol. The van der Waals surface area contributed by atoms with E-state index in [4.69, 9.17) is 0 Å². The molecule has 0 heterocycles. The van der Waals surface area contributed by atoms with Crippen LogP contribution in [-0.4, -0.2) is 0 Å². The highest BCUT2D eigenvalue weighted by atomic mass is 19.1. The Morgan fingerprint density at radius 1 is 0.941 bits per heavy atom. The summed E-state index contributed by atoms with van der Waals surface area (Å²) < 4.78 is 13.6. The third kappa shape index (κ3) is 3.06. The van der Waals surface area contributed by atoms with Crippen LogP contribution in [0.3, 0.4) is 0 Å². The molecule has 0 aromatic heterocycles. The number of benzene rings is 2. The Balaban J connectivity index is 2.04. The molecule has 0 aliphatic heterocycles. The van der Waals surface area contributed by atoms with Crippen molar-refractivity contribution in [3.05, 3.63) is 65.0 Å². The van der Waals surface area contributed by atoms with Gasteiger partial charge in [-0.3, -0.25) is 0 Å². The van der Waals surface area contributed by atoms with Gasteiger partial charge in [0.1, 0.15) is 5.82 Å². The summed E-state index contributed by atoms with van der Waals surface area (Å²) in [5.74, 6) is -0.197. The maximum absolute atomic E-state index is 13.6. The molecule has 17 heavy (non-hydrogen) atoms. The smallest absolute Gasteiger partial charge is 0.146 e. The molecule has 0 saturated heterocycles. The van der Waals surface area contributed by atoms with Crippen molar-refractivity contribution in [1.29, 1.82) is 0 Å². The van der Waals surface area contributed by atoms with E-state index in [0.29, 0.717) is 12.2 Å². The van der Waals surface area contributed by atoms with Crippen LogP contribution in [-0.2, 0) is 6.54 Å². The molecule has 1 N–H and O–H groups in total. The molecule has 0 amide bonds. The van der Waals surface area contributed by atoms with Crippen LogP contribution in [0.25, 0.3) is 0 Å². The van der Waals surface area contributed by atoms with Gasteiger partial charge in [0.05, 0.1) is 5.69 Å². The lowest BCUT2D eigenvalue weighted by Crippen LogP contribution is -2.01. The summed E-state index contributed by atoms with van der Waals surface area (Å²) in [5.41, 5.74) is 3.87. The van der Waals surface area contributed by atoms with Crippen LogP contribution < -0.4 is 5.32 Å². The highest BCUT2D eigenvalue weighted by Crippen LogP contribution is 2.16. The fourth-order valence-corrected chi connectivity index (χ4v) is 1.67. The van der Waals surface area contributed by atoms with E-state index in [9.17, 15) is 4.39 Å². The summed E-state index contributed by atoms with van der Waals surface area (Å²) in [5, 5.41) is 3.10. The second kappa shape index (κ2) is 5.00. The largest absolute Gasteiger partial charge is 0.379 e. The predicted octanol–water partition coefficient (Wildman–Crippen LogP) is 4.05. The molecule has 0 aliphatic carbocycles. The Kier molecular flexibility index (Phi) is 3.43. The van der Waals surface area contributed by atoms with Crippen LogP contribution in [0.5, 0.6) is 0 Å². The summed E-state index contributed by atoms with van der Waals surface area (Å²) in [6, 6.07) is 13.4. The van der Waals surface area contributed by atoms with Crippen molar-refractivity contribution in [2.45, 2.75) is 20.4 Å². The van der Waals surface area contributed by atoms with Crippen LogP contribution in [0.2, 0.25) is 0 Å². The lowest BCUT2D eigenvalue weighted by molar-refractivity contribution is 0.629. The Bertz CT molecular complexity index is 503. The third-order valence-corrected chi connectivity index (χ3v) is 2.73. The van der Waals surface area contributed by atoms with E-state index in [1.165, 1.54) is 11.6 Å². The van der Waals surface area contributed by atoms with Gasteiger partial charge in [-0.25, -0.2) is 4.39 Å². The normalized spacial score (nSPS) is 10.3. The minimum Gasteiger partial charge on any atom is -0.379 e. The van der Waals surface area contributed by atoms with Crippen molar-refractivity contribution in [2.75, 3.05) is 5.32 Å². The molecule has 2 aromatic rings. The first-order chi connectivity index (χ1) is 8.15. The number of hydrogen-bond acceptors (Lipinski definition) is 1. The summed E-state index contributed by atoms with van der Waals surface area (Å²) in [6.07, 6.45) is 0. The first-order valence-electron chi connectivity index (χ1n) is 5.71. The molecule has 0 atom stereocenters. The monoisotopic (exact) mass is 229 g/mol. The number of rotatable bonds is 3. The summed E-state index contributed by atoms with van der Waals surface area (Å²) >= 11 is 0. The van der Waals surface area contributed by atoms with Gasteiger partial charge in [0.25, 0.3) is 0 Å². The predicted molar refractivity (Wildman–Crippen MR) is 69.6 cm³/mol. The second-order valence-electron chi connectivity index (χ2n) is 4.32. The number of aryl methyl sites for hydroxylation is 2. The molecule has 0 spiro atoms. The van der Waals surface area contributed by atoms with E-state index in [1.807, 2.05) is 13.0 Å². The van der Waals surface area contributed by atoms with Gasteiger partial charge in [0.2, 0.25) is 0 Å². The topological polar surface area (TPSA) is 12.0 Å². The quantitative estimate of drug-likeness (QED) is 0.837. The fourth-order valence-electron chi connectivity index (χ4n) is 1.67. The van der Waals surface area contributed by atoms with E-state index >= 15 is 0 Å². The van der Waals surface area contributed by atoms with Gasteiger partial charge < -0.3 is 5.32 Å². The zero-order valence-electron chi connectivity index (χ0n) is 10.1. The van der Waals surface area contributed by atoms with Crippen LogP contribution in [0.4, 0.5) is 10.1 Å². The molecule has 0 bridgehead atoms. The molecule has 2 rings (SSSR count). The maximum atomic E-state index is 13.6. The molecular formula is C15H16FN. The van der Waals surface area contributed by atoms with Crippen molar-refractivity contribution < 1.29 is 4.39 Å². The Hall–Kier alpha value is -1.83. The highest BCUT2D eigenvalue weighted by molar-refractivity contribution is 5.46. The van der Waals surface area contributed by atoms with Crippen LogP contribution >= 0.6 is 0 Å². The van der Waals surface area contributed by atoms with Crippen molar-refractivity contribution in [3.63, 3.8) is 0 Å². The van der Waals surface area contributed by atoms with Crippen molar-refractivity contribution >= 4 is 5.69 Å². The van der Waals surface area contributed by atoms with E-state index in [-0.39, 0.29) is 5.82 Å². The SMILES string of the molecule is Cc1ccc(CNc2ccc(C)cc2F)cc1. The van der Waals surface area contributed by atoms with Crippen molar-refractivity contribution in [1.82, 2.24) is 0 Å². The molecule has 0 fully saturated rings. The Morgan fingerprint density at radius 2 is 1.59 bits per heavy atom. The third-order valence-electron chi connectivity index (χ3n) is 2.73. The average Bonchev–Trinajstić information content (AvgIpc) is 2.30. The number of anilines is 1. The van der Waals surface area contributed by atoms with Gasteiger partial charge in [-0.15, -0.1) is 0 Å². The first-order valence-corrected chi connectivity index (χ1v) is 5.71. The summed E-state index contributed by atoms with van der Waals surface area (Å²) in [7, 11) is 0. The second-order valence-corrected chi connectivity index (χ2v) is 4.32. The molecule has 2 aromatic carbocycles. The van der Waals surface area contributed by atoms with Gasteiger partial charge in [0.15, 0.2) is 0 Å². The van der Waals surface area contributed by atoms with Gasteiger partial charge in [0, 0.05) is 6.54 Å². The van der Waals surface area contributed by atoms with E-state index in [1.54, 1.807) is 6.07 Å². The molecule has 2 heteroatoms. The van der Waals surface area contributed by atoms with Gasteiger partial charge >= 0.3 is 0 Å². The van der Waals surface area contributed by atoms with E-state index in [2.05, 4.69) is 36.5 Å². The van der Waals surface area contributed by atoms with Gasteiger partial charge in [-0.05, 0) is 37.1 Å². The van der Waals surface area contributed by atoms with Crippen molar-refractivity contribution in [3.8, 4) is 0 Å². The summed E-state index contributed by atoms with van der Waals surface area (Å²) in [4.78, 5) is 0. The van der Waals surface area contributed by atoms with Gasteiger partial charge in [-0.2, -0.15) is 0 Å². The lowest BCUT2D eigenvalue weighted by Gasteiger charge is -2.08. The minimum absolute atomic E-state index is 0.197. The van der Waals surface area contributed by atoms with Crippen LogP contribution in [0.1, 0.15) is 16.7 Å². The summed E-state index contributed by atoms with van der Waals surface area (Å²) in [6.45, 7) is 4.57. The molecule has 0 aliphatic rings. The molecule has 0 unspecified atom stereocenters. The minimum atomic E-state index is -0.197. The Morgan fingerprint density at radius 3 is 2.24 bits per heavy atom. The molecular weight excluding hydrogens is 213 g/mol. The van der Waals surface area contributed by atoms with Crippen LogP contribution in [0, 0.1) is 19.7 Å². The molecule has 88 valence electrons. The lowest BCUT2D eigenvalue weighted by atomic mass is 10.1. The first kappa shape index (κ1) is 11.6. The zero-order chi connectivity index (χ0) is 12.3.